The Morgan fingerprint density at radius 2 is 2.06 bits per heavy atom. The molecule has 1 heterocycles. The van der Waals surface area contributed by atoms with Gasteiger partial charge in [-0.3, -0.25) is 4.79 Å². The Morgan fingerprint density at radius 1 is 1.21 bits per heavy atom. The Bertz CT molecular complexity index is 1140. The monoisotopic (exact) mass is 471 g/mol. The van der Waals surface area contributed by atoms with Crippen LogP contribution in [0.1, 0.15) is 26.2 Å². The number of carbonyl (C=O) groups excluding carboxylic acids is 1. The first-order chi connectivity index (χ1) is 16.0. The fourth-order valence-electron chi connectivity index (χ4n) is 3.20. The maximum absolute atomic E-state index is 13.5. The van der Waals surface area contributed by atoms with Crippen LogP contribution < -0.4 is 20.7 Å². The fraction of sp³-hybridized carbons (Fsp3) is 0.292. The van der Waals surface area contributed by atoms with Gasteiger partial charge in [-0.05, 0) is 70.1 Å². The molecule has 3 rings (SSSR count). The molecule has 0 saturated heterocycles. The quantitative estimate of drug-likeness (QED) is 0.254. The summed E-state index contributed by atoms with van der Waals surface area (Å²) >= 11 is 5.89. The van der Waals surface area contributed by atoms with Crippen LogP contribution in [0.4, 0.5) is 21.6 Å². The van der Waals surface area contributed by atoms with Crippen molar-refractivity contribution >= 4 is 45.6 Å². The van der Waals surface area contributed by atoms with Gasteiger partial charge in [0.15, 0.2) is 0 Å². The van der Waals surface area contributed by atoms with Crippen LogP contribution in [0, 0.1) is 5.82 Å². The van der Waals surface area contributed by atoms with Crippen LogP contribution in [-0.4, -0.2) is 36.1 Å². The Hall–Kier alpha value is -3.23. The number of fused-ring (bicyclic) bond motifs is 1. The van der Waals surface area contributed by atoms with Gasteiger partial charge in [-0.25, -0.2) is 14.4 Å². The zero-order valence-electron chi connectivity index (χ0n) is 18.6. The van der Waals surface area contributed by atoms with Crippen LogP contribution in [0.15, 0.2) is 48.8 Å². The zero-order chi connectivity index (χ0) is 23.6. The summed E-state index contributed by atoms with van der Waals surface area (Å²) in [6.45, 7) is 3.25. The van der Waals surface area contributed by atoms with E-state index in [1.165, 1.54) is 24.5 Å². The molecule has 0 aliphatic carbocycles. The van der Waals surface area contributed by atoms with E-state index in [4.69, 9.17) is 16.3 Å². The Balaban J connectivity index is 1.84. The molecule has 0 fully saturated rings. The summed E-state index contributed by atoms with van der Waals surface area (Å²) in [6, 6.07) is 7.82. The molecule has 1 aromatic heterocycles. The van der Waals surface area contributed by atoms with Gasteiger partial charge in [0.2, 0.25) is 5.91 Å². The molecule has 0 unspecified atom stereocenters. The van der Waals surface area contributed by atoms with Crippen molar-refractivity contribution < 1.29 is 13.9 Å². The summed E-state index contributed by atoms with van der Waals surface area (Å²) in [7, 11) is 1.92. The van der Waals surface area contributed by atoms with Gasteiger partial charge < -0.3 is 20.7 Å². The van der Waals surface area contributed by atoms with E-state index in [0.29, 0.717) is 40.5 Å². The topological polar surface area (TPSA) is 88.2 Å². The fourth-order valence-corrected chi connectivity index (χ4v) is 3.38. The summed E-state index contributed by atoms with van der Waals surface area (Å²) in [4.78, 5) is 21.1. The highest BCUT2D eigenvalue weighted by molar-refractivity contribution is 6.31. The lowest BCUT2D eigenvalue weighted by Crippen LogP contribution is -2.10. The van der Waals surface area contributed by atoms with Crippen LogP contribution >= 0.6 is 11.6 Å². The van der Waals surface area contributed by atoms with E-state index >= 15 is 0 Å². The number of anilines is 3. The second-order valence-corrected chi connectivity index (χ2v) is 7.67. The molecule has 9 heteroatoms. The second-order valence-electron chi connectivity index (χ2n) is 7.27. The standard InChI is InChI=1S/C24H27ClFN5O2/c1-3-33-22-14-20-17(13-21(22)31-23(32)8-6-4-5-7-11-27-2)24(29-15-28-20)30-16-9-10-19(26)18(25)12-16/h6,8-10,12-15,27H,3-5,7,11H2,1-2H3,(H,31,32)(H,28,29,30). The molecule has 0 saturated carbocycles. The van der Waals surface area contributed by atoms with E-state index in [1.54, 1.807) is 18.2 Å². The Kier molecular flexibility index (Phi) is 8.97. The third-order valence-electron chi connectivity index (χ3n) is 4.79. The van der Waals surface area contributed by atoms with Crippen molar-refractivity contribution in [2.45, 2.75) is 26.2 Å². The highest BCUT2D eigenvalue weighted by Crippen LogP contribution is 2.33. The van der Waals surface area contributed by atoms with Gasteiger partial charge in [-0.1, -0.05) is 17.7 Å². The number of carbonyl (C=O) groups is 1. The van der Waals surface area contributed by atoms with Crippen LogP contribution in [0.5, 0.6) is 5.75 Å². The summed E-state index contributed by atoms with van der Waals surface area (Å²) in [5.74, 6) is 0.244. The molecule has 2 aromatic carbocycles. The lowest BCUT2D eigenvalue weighted by atomic mass is 10.1. The SMILES string of the molecule is CCOc1cc2ncnc(Nc3ccc(F)c(Cl)c3)c2cc1NC(=O)C=CCCCCNC. The van der Waals surface area contributed by atoms with Crippen molar-refractivity contribution in [3.05, 3.63) is 59.7 Å². The van der Waals surface area contributed by atoms with Gasteiger partial charge in [0.05, 0.1) is 22.8 Å². The highest BCUT2D eigenvalue weighted by atomic mass is 35.5. The molecule has 0 spiro atoms. The number of rotatable bonds is 11. The van der Waals surface area contributed by atoms with Crippen LogP contribution in [0.2, 0.25) is 5.02 Å². The minimum Gasteiger partial charge on any atom is -0.492 e. The molecule has 3 aromatic rings. The molecular weight excluding hydrogens is 445 g/mol. The lowest BCUT2D eigenvalue weighted by Gasteiger charge is -2.14. The average molecular weight is 472 g/mol. The third kappa shape index (κ3) is 6.87. The van der Waals surface area contributed by atoms with E-state index in [-0.39, 0.29) is 10.9 Å². The van der Waals surface area contributed by atoms with Crippen molar-refractivity contribution in [1.29, 1.82) is 0 Å². The van der Waals surface area contributed by atoms with Gasteiger partial charge in [0.25, 0.3) is 0 Å². The maximum atomic E-state index is 13.5. The number of nitrogens with zero attached hydrogens (tertiary/aromatic N) is 2. The molecule has 0 aliphatic rings. The molecule has 0 atom stereocenters. The van der Waals surface area contributed by atoms with Crippen molar-refractivity contribution in [1.82, 2.24) is 15.3 Å². The molecule has 0 radical (unpaired) electrons. The smallest absolute Gasteiger partial charge is 0.248 e. The summed E-state index contributed by atoms with van der Waals surface area (Å²) in [5.41, 5.74) is 1.70. The highest BCUT2D eigenvalue weighted by Gasteiger charge is 2.13. The molecular formula is C24H27ClFN5O2. The van der Waals surface area contributed by atoms with Crippen molar-refractivity contribution in [3.8, 4) is 5.75 Å². The zero-order valence-corrected chi connectivity index (χ0v) is 19.4. The van der Waals surface area contributed by atoms with Gasteiger partial charge >= 0.3 is 0 Å². The second kappa shape index (κ2) is 12.1. The van der Waals surface area contributed by atoms with Crippen molar-refractivity contribution in [3.63, 3.8) is 0 Å². The number of benzene rings is 2. The van der Waals surface area contributed by atoms with E-state index in [2.05, 4.69) is 25.9 Å². The van der Waals surface area contributed by atoms with Gasteiger partial charge in [-0.15, -0.1) is 0 Å². The third-order valence-corrected chi connectivity index (χ3v) is 5.08. The Morgan fingerprint density at radius 3 is 2.82 bits per heavy atom. The van der Waals surface area contributed by atoms with E-state index in [1.807, 2.05) is 20.0 Å². The summed E-state index contributed by atoms with van der Waals surface area (Å²) in [5, 5.41) is 9.78. The number of nitrogens with one attached hydrogen (secondary N) is 3. The largest absolute Gasteiger partial charge is 0.492 e. The van der Waals surface area contributed by atoms with Crippen LogP contribution in [-0.2, 0) is 4.79 Å². The molecule has 1 amide bonds. The number of ether oxygens (including phenoxy) is 1. The predicted molar refractivity (Wildman–Crippen MR) is 131 cm³/mol. The van der Waals surface area contributed by atoms with Crippen LogP contribution in [0.25, 0.3) is 10.9 Å². The molecule has 0 bridgehead atoms. The first kappa shape index (κ1) is 24.4. The molecule has 7 nitrogen and oxygen atoms in total. The normalized spacial score (nSPS) is 11.2. The number of hydrogen-bond donors (Lipinski definition) is 3. The summed E-state index contributed by atoms with van der Waals surface area (Å²) < 4.78 is 19.2. The molecule has 33 heavy (non-hydrogen) atoms. The van der Waals surface area contributed by atoms with Gasteiger partial charge in [-0.2, -0.15) is 0 Å². The van der Waals surface area contributed by atoms with Crippen molar-refractivity contribution in [2.24, 2.45) is 0 Å². The minimum absolute atomic E-state index is 0.00249. The van der Waals surface area contributed by atoms with Gasteiger partial charge in [0, 0.05) is 17.1 Å². The van der Waals surface area contributed by atoms with E-state index in [9.17, 15) is 9.18 Å². The number of unbranched alkanes of at least 4 members (excludes halogenated alkanes) is 2. The lowest BCUT2D eigenvalue weighted by molar-refractivity contribution is -0.111. The first-order valence-electron chi connectivity index (χ1n) is 10.8. The van der Waals surface area contributed by atoms with Gasteiger partial charge in [0.1, 0.15) is 23.7 Å². The Labute approximate surface area is 197 Å². The number of halogens is 2. The van der Waals surface area contributed by atoms with Crippen molar-refractivity contribution in [2.75, 3.05) is 30.8 Å². The molecule has 3 N–H and O–H groups in total. The van der Waals surface area contributed by atoms with E-state index in [0.717, 1.165) is 25.8 Å². The first-order valence-corrected chi connectivity index (χ1v) is 11.2. The average Bonchev–Trinajstić information content (AvgIpc) is 2.79. The minimum atomic E-state index is -0.504. The van der Waals surface area contributed by atoms with E-state index < -0.39 is 5.82 Å². The van der Waals surface area contributed by atoms with Crippen LogP contribution in [0.3, 0.4) is 0 Å². The summed E-state index contributed by atoms with van der Waals surface area (Å²) in [6.07, 6.45) is 7.69. The molecule has 174 valence electrons. The number of aromatic nitrogens is 2. The number of hydrogen-bond acceptors (Lipinski definition) is 6. The molecule has 0 aliphatic heterocycles. The number of allylic oxidation sites excluding steroid dienone is 1. The maximum Gasteiger partial charge on any atom is 0.248 e. The predicted octanol–water partition coefficient (Wildman–Crippen LogP) is 5.45. The number of amides is 1.